The van der Waals surface area contributed by atoms with E-state index in [0.29, 0.717) is 27.0 Å². The Hall–Kier alpha value is -3.67. The Morgan fingerprint density at radius 1 is 1.13 bits per heavy atom. The highest BCUT2D eigenvalue weighted by atomic mass is 32.1. The van der Waals surface area contributed by atoms with Crippen molar-refractivity contribution < 1.29 is 27.4 Å². The molecule has 0 spiro atoms. The minimum atomic E-state index is -4.63. The van der Waals surface area contributed by atoms with Crippen LogP contribution in [0.15, 0.2) is 36.7 Å². The van der Waals surface area contributed by atoms with Gasteiger partial charge in [-0.3, -0.25) is 0 Å². The lowest BCUT2D eigenvalue weighted by atomic mass is 10.1. The van der Waals surface area contributed by atoms with Gasteiger partial charge in [0.15, 0.2) is 0 Å². The smallest absolute Gasteiger partial charge is 0.419 e. The van der Waals surface area contributed by atoms with Crippen molar-refractivity contribution in [2.45, 2.75) is 6.18 Å². The Morgan fingerprint density at radius 3 is 2.58 bits per heavy atom. The quantitative estimate of drug-likeness (QED) is 0.471. The molecular weight excluding hydrogens is 435 g/mol. The zero-order valence-corrected chi connectivity index (χ0v) is 16.9. The molecule has 8 nitrogen and oxygen atoms in total. The Bertz CT molecular complexity index is 1300. The molecule has 3 heterocycles. The third kappa shape index (κ3) is 3.65. The normalized spacial score (nSPS) is 11.6. The van der Waals surface area contributed by atoms with E-state index in [1.165, 1.54) is 24.9 Å². The van der Waals surface area contributed by atoms with Gasteiger partial charge < -0.3 is 15.2 Å². The lowest BCUT2D eigenvalue weighted by Gasteiger charge is -2.09. The van der Waals surface area contributed by atoms with Crippen LogP contribution in [0, 0.1) is 0 Å². The molecule has 0 aliphatic heterocycles. The minimum Gasteiger partial charge on any atom is -0.496 e. The first-order valence-corrected chi connectivity index (χ1v) is 9.49. The number of hydrogen-bond donors (Lipinski definition) is 1. The van der Waals surface area contributed by atoms with Crippen LogP contribution in [0.2, 0.25) is 0 Å². The molecular formula is C19H14F3N5O3S. The molecule has 0 radical (unpaired) electrons. The fourth-order valence-electron chi connectivity index (χ4n) is 2.95. The highest BCUT2D eigenvalue weighted by Crippen LogP contribution is 2.37. The number of methoxy groups -OCH3 is 2. The number of alkyl halides is 3. The van der Waals surface area contributed by atoms with Crippen LogP contribution in [0.5, 0.6) is 5.75 Å². The second kappa shape index (κ2) is 7.54. The van der Waals surface area contributed by atoms with Gasteiger partial charge in [0.1, 0.15) is 22.1 Å². The van der Waals surface area contributed by atoms with Crippen LogP contribution >= 0.6 is 11.3 Å². The van der Waals surface area contributed by atoms with Gasteiger partial charge in [-0.25, -0.2) is 19.3 Å². The summed E-state index contributed by atoms with van der Waals surface area (Å²) in [5.74, 6) is -0.850. The molecule has 12 heteroatoms. The fraction of sp³-hybridized carbons (Fsp3) is 0.158. The van der Waals surface area contributed by atoms with Crippen molar-refractivity contribution in [3.8, 4) is 27.6 Å². The Labute approximate surface area is 177 Å². The standard InChI is InChI=1S/C19H14F3N5O3S/c1-29-14-6-9(3-4-11(14)17(28)30-2)13-8-25-18-27(13)26-16(31-18)10-5-12(19(20,21)22)15(23)24-7-10/h3-8H,1-2H3,(H2,23,24). The maximum Gasteiger partial charge on any atom is 0.419 e. The van der Waals surface area contributed by atoms with Crippen molar-refractivity contribution in [2.75, 3.05) is 20.0 Å². The van der Waals surface area contributed by atoms with E-state index in [4.69, 9.17) is 15.2 Å². The molecule has 0 unspecified atom stereocenters. The predicted octanol–water partition coefficient (Wildman–Crippen LogP) is 3.92. The number of esters is 1. The number of benzene rings is 1. The molecule has 0 atom stereocenters. The third-order valence-corrected chi connectivity index (χ3v) is 5.43. The summed E-state index contributed by atoms with van der Waals surface area (Å²) >= 11 is 1.10. The van der Waals surface area contributed by atoms with Crippen molar-refractivity contribution in [3.05, 3.63) is 47.8 Å². The van der Waals surface area contributed by atoms with Crippen LogP contribution in [0.4, 0.5) is 19.0 Å². The summed E-state index contributed by atoms with van der Waals surface area (Å²) in [5.41, 5.74) is 5.96. The van der Waals surface area contributed by atoms with Crippen molar-refractivity contribution >= 4 is 28.1 Å². The zero-order chi connectivity index (χ0) is 22.3. The number of hydrogen-bond acceptors (Lipinski definition) is 8. The van der Waals surface area contributed by atoms with Crippen molar-refractivity contribution in [2.24, 2.45) is 0 Å². The number of nitrogens with zero attached hydrogens (tertiary/aromatic N) is 4. The van der Waals surface area contributed by atoms with Gasteiger partial charge in [0.05, 0.1) is 31.7 Å². The van der Waals surface area contributed by atoms with E-state index in [1.54, 1.807) is 24.4 Å². The van der Waals surface area contributed by atoms with Gasteiger partial charge in [-0.05, 0) is 18.2 Å². The second-order valence-corrected chi connectivity index (χ2v) is 7.26. The molecule has 3 aromatic heterocycles. The number of fused-ring (bicyclic) bond motifs is 1. The molecule has 0 aliphatic carbocycles. The van der Waals surface area contributed by atoms with Crippen LogP contribution < -0.4 is 10.5 Å². The topological polar surface area (TPSA) is 105 Å². The molecule has 0 saturated carbocycles. The summed E-state index contributed by atoms with van der Waals surface area (Å²) in [7, 11) is 2.69. The number of ether oxygens (including phenoxy) is 2. The maximum absolute atomic E-state index is 13.2. The minimum absolute atomic E-state index is 0.168. The summed E-state index contributed by atoms with van der Waals surface area (Å²) in [6, 6.07) is 5.76. The number of carbonyl (C=O) groups excluding carboxylic acids is 1. The van der Waals surface area contributed by atoms with E-state index in [9.17, 15) is 18.0 Å². The molecule has 4 rings (SSSR count). The number of nitrogens with two attached hydrogens (primary N) is 1. The number of halogens is 3. The number of rotatable bonds is 4. The number of nitrogen functional groups attached to an aromatic ring is 1. The molecule has 0 bridgehead atoms. The van der Waals surface area contributed by atoms with Gasteiger partial charge in [0, 0.05) is 17.3 Å². The summed E-state index contributed by atoms with van der Waals surface area (Å²) in [6.45, 7) is 0. The first-order chi connectivity index (χ1) is 14.7. The largest absolute Gasteiger partial charge is 0.496 e. The Morgan fingerprint density at radius 2 is 1.90 bits per heavy atom. The lowest BCUT2D eigenvalue weighted by molar-refractivity contribution is -0.137. The van der Waals surface area contributed by atoms with Crippen molar-refractivity contribution in [1.82, 2.24) is 19.6 Å². The zero-order valence-electron chi connectivity index (χ0n) is 16.1. The summed E-state index contributed by atoms with van der Waals surface area (Å²) in [4.78, 5) is 20.3. The number of carbonyl (C=O) groups is 1. The molecule has 0 saturated heterocycles. The van der Waals surface area contributed by atoms with Gasteiger partial charge in [-0.2, -0.15) is 18.3 Å². The van der Waals surface area contributed by atoms with Crippen molar-refractivity contribution in [3.63, 3.8) is 0 Å². The average molecular weight is 449 g/mol. The van der Waals surface area contributed by atoms with Gasteiger partial charge in [-0.15, -0.1) is 0 Å². The molecule has 2 N–H and O–H groups in total. The Balaban J connectivity index is 1.78. The average Bonchev–Trinajstić information content (AvgIpc) is 3.33. The molecule has 4 aromatic rings. The van der Waals surface area contributed by atoms with E-state index in [2.05, 4.69) is 15.1 Å². The van der Waals surface area contributed by atoms with Crippen molar-refractivity contribution in [1.29, 1.82) is 0 Å². The SMILES string of the molecule is COC(=O)c1ccc(-c2cnc3sc(-c4cnc(N)c(C(F)(F)F)c4)nn23)cc1OC. The predicted molar refractivity (Wildman–Crippen MR) is 107 cm³/mol. The second-order valence-electron chi connectivity index (χ2n) is 6.31. The lowest BCUT2D eigenvalue weighted by Crippen LogP contribution is -2.10. The fourth-order valence-corrected chi connectivity index (χ4v) is 3.81. The molecule has 0 amide bonds. The molecule has 1 aromatic carbocycles. The highest BCUT2D eigenvalue weighted by molar-refractivity contribution is 7.19. The van der Waals surface area contributed by atoms with E-state index < -0.39 is 23.5 Å². The van der Waals surface area contributed by atoms with Gasteiger partial charge >= 0.3 is 12.1 Å². The van der Waals surface area contributed by atoms with Crippen LogP contribution in [-0.2, 0) is 10.9 Å². The van der Waals surface area contributed by atoms with E-state index in [1.807, 2.05) is 0 Å². The number of pyridine rings is 1. The number of aromatic nitrogens is 4. The van der Waals surface area contributed by atoms with Gasteiger partial charge in [0.2, 0.25) is 4.96 Å². The van der Waals surface area contributed by atoms with Crippen LogP contribution in [0.1, 0.15) is 15.9 Å². The van der Waals surface area contributed by atoms with Crippen LogP contribution in [0.25, 0.3) is 26.8 Å². The van der Waals surface area contributed by atoms with Crippen LogP contribution in [-0.4, -0.2) is 39.8 Å². The monoisotopic (exact) mass is 449 g/mol. The van der Waals surface area contributed by atoms with Gasteiger partial charge in [-0.1, -0.05) is 17.4 Å². The number of anilines is 1. The molecule has 31 heavy (non-hydrogen) atoms. The summed E-state index contributed by atoms with van der Waals surface area (Å²) in [5, 5.41) is 4.69. The summed E-state index contributed by atoms with van der Waals surface area (Å²) < 4.78 is 51.0. The molecule has 160 valence electrons. The Kier molecular flexibility index (Phi) is 5.01. The third-order valence-electron chi connectivity index (χ3n) is 4.46. The first kappa shape index (κ1) is 20.6. The maximum atomic E-state index is 13.2. The van der Waals surface area contributed by atoms with E-state index in [0.717, 1.165) is 17.4 Å². The molecule has 0 fully saturated rings. The van der Waals surface area contributed by atoms with E-state index >= 15 is 0 Å². The van der Waals surface area contributed by atoms with Gasteiger partial charge in [0.25, 0.3) is 0 Å². The highest BCUT2D eigenvalue weighted by Gasteiger charge is 2.34. The van der Waals surface area contributed by atoms with E-state index in [-0.39, 0.29) is 11.1 Å². The molecule has 0 aliphatic rings. The van der Waals surface area contributed by atoms with Crippen LogP contribution in [0.3, 0.4) is 0 Å². The summed E-state index contributed by atoms with van der Waals surface area (Å²) in [6.07, 6.45) is -1.83. The first-order valence-electron chi connectivity index (χ1n) is 8.67. The number of imidazole rings is 1.